The summed E-state index contributed by atoms with van der Waals surface area (Å²) in [6.45, 7) is 8.10. The van der Waals surface area contributed by atoms with Gasteiger partial charge < -0.3 is 4.74 Å². The third-order valence-electron chi connectivity index (χ3n) is 7.86. The van der Waals surface area contributed by atoms with E-state index in [4.69, 9.17) is 9.73 Å². The summed E-state index contributed by atoms with van der Waals surface area (Å²) in [7, 11) is 0. The van der Waals surface area contributed by atoms with Crippen LogP contribution in [-0.4, -0.2) is 22.8 Å². The lowest BCUT2D eigenvalue weighted by Gasteiger charge is -2.57. The second kappa shape index (κ2) is 9.85. The van der Waals surface area contributed by atoms with E-state index in [0.717, 1.165) is 24.2 Å². The maximum atomic E-state index is 7.02. The standard InChI is InChI=1S/C31H36N2O/c1-23-18-19-28-29(20-23)34-30(33(31(28,2)3)22-24-12-6-4-7-13-24)27-17-11-10-14-25(27)21-32-26-15-8-5-9-16-26/h4-17,21,23,28-30H,18-20,22H2,1-3H3/t23-,28-,29-,30+/m1/s1. The number of aliphatic imine (C=N–C) groups is 1. The summed E-state index contributed by atoms with van der Waals surface area (Å²) in [6.07, 6.45) is 5.84. The number of para-hydroxylation sites is 1. The zero-order valence-corrected chi connectivity index (χ0v) is 20.6. The van der Waals surface area contributed by atoms with Crippen molar-refractivity contribution in [1.82, 2.24) is 4.90 Å². The van der Waals surface area contributed by atoms with Gasteiger partial charge in [-0.2, -0.15) is 0 Å². The van der Waals surface area contributed by atoms with Gasteiger partial charge in [-0.25, -0.2) is 0 Å². The lowest BCUT2D eigenvalue weighted by molar-refractivity contribution is -0.240. The molecule has 3 aromatic carbocycles. The molecular formula is C31H36N2O. The molecule has 0 amide bonds. The number of hydrogen-bond donors (Lipinski definition) is 0. The van der Waals surface area contributed by atoms with Crippen LogP contribution in [0.2, 0.25) is 0 Å². The Morgan fingerprint density at radius 1 is 0.912 bits per heavy atom. The first-order valence-electron chi connectivity index (χ1n) is 12.7. The van der Waals surface area contributed by atoms with Crippen LogP contribution in [-0.2, 0) is 11.3 Å². The molecule has 176 valence electrons. The molecule has 3 aromatic rings. The number of nitrogens with zero attached hydrogens (tertiary/aromatic N) is 2. The first-order valence-corrected chi connectivity index (χ1v) is 12.7. The quantitative estimate of drug-likeness (QED) is 0.373. The van der Waals surface area contributed by atoms with Gasteiger partial charge in [0.25, 0.3) is 0 Å². The van der Waals surface area contributed by atoms with Crippen molar-refractivity contribution >= 4 is 11.9 Å². The fourth-order valence-corrected chi connectivity index (χ4v) is 5.86. The molecule has 0 spiro atoms. The number of hydrogen-bond acceptors (Lipinski definition) is 3. The highest BCUT2D eigenvalue weighted by Gasteiger charge is 2.51. The van der Waals surface area contributed by atoms with Crippen molar-refractivity contribution in [2.75, 3.05) is 0 Å². The highest BCUT2D eigenvalue weighted by Crippen LogP contribution is 2.49. The molecule has 34 heavy (non-hydrogen) atoms. The van der Waals surface area contributed by atoms with E-state index in [-0.39, 0.29) is 17.9 Å². The second-order valence-corrected chi connectivity index (χ2v) is 10.5. The molecule has 0 bridgehead atoms. The molecule has 0 unspecified atom stereocenters. The summed E-state index contributed by atoms with van der Waals surface area (Å²) in [5.41, 5.74) is 4.62. The maximum Gasteiger partial charge on any atom is 0.138 e. The van der Waals surface area contributed by atoms with Gasteiger partial charge in [0.2, 0.25) is 0 Å². The Bertz CT molecular complexity index is 1110. The van der Waals surface area contributed by atoms with Crippen LogP contribution in [0.5, 0.6) is 0 Å². The summed E-state index contributed by atoms with van der Waals surface area (Å²) in [6, 6.07) is 29.6. The van der Waals surface area contributed by atoms with Crippen molar-refractivity contribution in [1.29, 1.82) is 0 Å². The Kier molecular flexibility index (Phi) is 6.67. The van der Waals surface area contributed by atoms with Gasteiger partial charge in [-0.05, 0) is 55.9 Å². The molecule has 5 rings (SSSR count). The zero-order valence-electron chi connectivity index (χ0n) is 20.6. The Morgan fingerprint density at radius 3 is 2.35 bits per heavy atom. The normalized spacial score (nSPS) is 26.9. The van der Waals surface area contributed by atoms with Crippen LogP contribution in [0.25, 0.3) is 0 Å². The van der Waals surface area contributed by atoms with E-state index < -0.39 is 0 Å². The summed E-state index contributed by atoms with van der Waals surface area (Å²) in [5.74, 6) is 1.25. The van der Waals surface area contributed by atoms with Crippen LogP contribution in [0.1, 0.15) is 63.0 Å². The lowest BCUT2D eigenvalue weighted by Crippen LogP contribution is -2.61. The predicted octanol–water partition coefficient (Wildman–Crippen LogP) is 7.55. The van der Waals surface area contributed by atoms with E-state index in [1.807, 2.05) is 36.5 Å². The highest BCUT2D eigenvalue weighted by atomic mass is 16.5. The minimum Gasteiger partial charge on any atom is -0.355 e. The molecule has 0 radical (unpaired) electrons. The Balaban J connectivity index is 1.54. The van der Waals surface area contributed by atoms with Crippen LogP contribution in [0.3, 0.4) is 0 Å². The molecule has 4 atom stereocenters. The Labute approximate surface area is 204 Å². The fourth-order valence-electron chi connectivity index (χ4n) is 5.86. The second-order valence-electron chi connectivity index (χ2n) is 10.5. The van der Waals surface area contributed by atoms with Crippen molar-refractivity contribution in [2.45, 2.75) is 64.4 Å². The molecular weight excluding hydrogens is 416 g/mol. The van der Waals surface area contributed by atoms with Gasteiger partial charge in [0, 0.05) is 29.8 Å². The monoisotopic (exact) mass is 452 g/mol. The van der Waals surface area contributed by atoms with E-state index in [0.29, 0.717) is 11.8 Å². The van der Waals surface area contributed by atoms with Crippen LogP contribution in [0.15, 0.2) is 89.9 Å². The van der Waals surface area contributed by atoms with Crippen LogP contribution < -0.4 is 0 Å². The van der Waals surface area contributed by atoms with Gasteiger partial charge in [-0.15, -0.1) is 0 Å². The van der Waals surface area contributed by atoms with E-state index in [2.05, 4.69) is 80.3 Å². The van der Waals surface area contributed by atoms with Crippen molar-refractivity contribution in [2.24, 2.45) is 16.8 Å². The van der Waals surface area contributed by atoms with E-state index in [9.17, 15) is 0 Å². The van der Waals surface area contributed by atoms with Gasteiger partial charge in [0.1, 0.15) is 6.23 Å². The summed E-state index contributed by atoms with van der Waals surface area (Å²) in [4.78, 5) is 7.36. The van der Waals surface area contributed by atoms with E-state index in [1.54, 1.807) is 0 Å². The fraction of sp³-hybridized carbons (Fsp3) is 0.387. The lowest BCUT2D eigenvalue weighted by atomic mass is 9.69. The topological polar surface area (TPSA) is 24.8 Å². The van der Waals surface area contributed by atoms with Gasteiger partial charge in [0.05, 0.1) is 11.8 Å². The molecule has 0 N–H and O–H groups in total. The van der Waals surface area contributed by atoms with Gasteiger partial charge in [-0.3, -0.25) is 9.89 Å². The SMILES string of the molecule is C[C@@H]1CC[C@@H]2[C@@H](C1)O[C@@H](c1ccccc1C=Nc1ccccc1)N(Cc1ccccc1)C2(C)C. The number of ether oxygens (including phenoxy) is 1. The molecule has 2 fully saturated rings. The average molecular weight is 453 g/mol. The molecule has 1 heterocycles. The largest absolute Gasteiger partial charge is 0.355 e. The molecule has 3 nitrogen and oxygen atoms in total. The van der Waals surface area contributed by atoms with Gasteiger partial charge in [-0.1, -0.05) is 86.1 Å². The predicted molar refractivity (Wildman–Crippen MR) is 140 cm³/mol. The molecule has 1 saturated heterocycles. The average Bonchev–Trinajstić information content (AvgIpc) is 2.86. The molecule has 2 aliphatic rings. The first-order chi connectivity index (χ1) is 16.5. The minimum atomic E-state index is -0.111. The Hall–Kier alpha value is -2.75. The smallest absolute Gasteiger partial charge is 0.138 e. The summed E-state index contributed by atoms with van der Waals surface area (Å²) >= 11 is 0. The molecule has 1 aliphatic heterocycles. The summed E-state index contributed by atoms with van der Waals surface area (Å²) in [5, 5.41) is 0. The van der Waals surface area contributed by atoms with Crippen LogP contribution in [0.4, 0.5) is 5.69 Å². The molecule has 1 aliphatic carbocycles. The van der Waals surface area contributed by atoms with Crippen LogP contribution in [0, 0.1) is 11.8 Å². The maximum absolute atomic E-state index is 7.02. The molecule has 3 heteroatoms. The molecule has 1 saturated carbocycles. The first kappa shape index (κ1) is 23.0. The van der Waals surface area contributed by atoms with Crippen molar-refractivity contribution in [3.05, 3.63) is 102 Å². The molecule has 0 aromatic heterocycles. The van der Waals surface area contributed by atoms with E-state index in [1.165, 1.54) is 24.0 Å². The Morgan fingerprint density at radius 2 is 1.59 bits per heavy atom. The third-order valence-corrected chi connectivity index (χ3v) is 7.86. The number of benzene rings is 3. The van der Waals surface area contributed by atoms with E-state index >= 15 is 0 Å². The minimum absolute atomic E-state index is 0.0211. The van der Waals surface area contributed by atoms with Gasteiger partial charge >= 0.3 is 0 Å². The third kappa shape index (κ3) is 4.73. The van der Waals surface area contributed by atoms with Crippen molar-refractivity contribution in [3.8, 4) is 0 Å². The van der Waals surface area contributed by atoms with Crippen molar-refractivity contribution in [3.63, 3.8) is 0 Å². The van der Waals surface area contributed by atoms with Gasteiger partial charge in [0.15, 0.2) is 0 Å². The number of rotatable bonds is 5. The van der Waals surface area contributed by atoms with Crippen molar-refractivity contribution < 1.29 is 4.74 Å². The highest BCUT2D eigenvalue weighted by molar-refractivity contribution is 5.84. The number of fused-ring (bicyclic) bond motifs is 1. The van der Waals surface area contributed by atoms with Crippen LogP contribution >= 0.6 is 0 Å². The summed E-state index contributed by atoms with van der Waals surface area (Å²) < 4.78 is 7.02. The zero-order chi connectivity index (χ0) is 23.5.